The third-order valence-corrected chi connectivity index (χ3v) is 5.06. The molecule has 0 fully saturated rings. The van der Waals surface area contributed by atoms with Gasteiger partial charge in [0, 0.05) is 29.5 Å². The number of rotatable bonds is 8. The highest BCUT2D eigenvalue weighted by Gasteiger charge is 2.02. The molecule has 0 aliphatic rings. The third-order valence-electron chi connectivity index (χ3n) is 2.99. The smallest absolute Gasteiger partial charge is 0.314 e. The molecule has 2 rings (SSSR count). The first-order valence-electron chi connectivity index (χ1n) is 7.11. The summed E-state index contributed by atoms with van der Waals surface area (Å²) in [5.41, 5.74) is 0.620. The summed E-state index contributed by atoms with van der Waals surface area (Å²) in [6.07, 6.45) is 0.493. The fraction of sp³-hybridized carbons (Fsp3) is 0.312. The first-order valence-corrected chi connectivity index (χ1v) is 9.14. The van der Waals surface area contributed by atoms with Gasteiger partial charge in [-0.2, -0.15) is 11.8 Å². The lowest BCUT2D eigenvalue weighted by molar-refractivity contribution is 0.241. The van der Waals surface area contributed by atoms with Crippen molar-refractivity contribution in [1.29, 1.82) is 0 Å². The Morgan fingerprint density at radius 3 is 2.73 bits per heavy atom. The van der Waals surface area contributed by atoms with E-state index in [0.29, 0.717) is 25.1 Å². The largest absolute Gasteiger partial charge is 0.338 e. The molecular weight excluding hydrogens is 319 g/mol. The van der Waals surface area contributed by atoms with E-state index in [4.69, 9.17) is 0 Å². The number of hydrogen-bond acceptors (Lipinski definition) is 3. The lowest BCUT2D eigenvalue weighted by Crippen LogP contribution is -2.37. The molecule has 0 unspecified atom stereocenters. The second kappa shape index (κ2) is 9.48. The second-order valence-electron chi connectivity index (χ2n) is 4.66. The molecule has 2 amide bonds. The summed E-state index contributed by atoms with van der Waals surface area (Å²) in [6.45, 7) is 1.05. The van der Waals surface area contributed by atoms with Crippen molar-refractivity contribution in [2.75, 3.05) is 18.8 Å². The van der Waals surface area contributed by atoms with Crippen LogP contribution in [-0.2, 0) is 12.2 Å². The molecular formula is C16H19FN2OS2. The third kappa shape index (κ3) is 6.07. The van der Waals surface area contributed by atoms with Crippen LogP contribution in [0.25, 0.3) is 0 Å². The highest BCUT2D eigenvalue weighted by Crippen LogP contribution is 2.16. The van der Waals surface area contributed by atoms with Crippen LogP contribution in [0.3, 0.4) is 0 Å². The lowest BCUT2D eigenvalue weighted by Gasteiger charge is -2.08. The summed E-state index contributed by atoms with van der Waals surface area (Å²) in [5, 5.41) is 7.61. The van der Waals surface area contributed by atoms with Gasteiger partial charge in [0.15, 0.2) is 0 Å². The molecule has 0 aliphatic heterocycles. The average molecular weight is 338 g/mol. The first-order chi connectivity index (χ1) is 10.8. The van der Waals surface area contributed by atoms with Gasteiger partial charge >= 0.3 is 6.03 Å². The summed E-state index contributed by atoms with van der Waals surface area (Å²) in [7, 11) is 0. The molecule has 0 saturated carbocycles. The van der Waals surface area contributed by atoms with E-state index in [-0.39, 0.29) is 11.8 Å². The normalized spacial score (nSPS) is 10.4. The van der Waals surface area contributed by atoms with E-state index in [1.807, 2.05) is 6.07 Å². The van der Waals surface area contributed by atoms with E-state index in [2.05, 4.69) is 22.1 Å². The number of urea groups is 1. The van der Waals surface area contributed by atoms with Crippen molar-refractivity contribution in [3.63, 3.8) is 0 Å². The van der Waals surface area contributed by atoms with Crippen LogP contribution in [-0.4, -0.2) is 24.9 Å². The molecule has 0 radical (unpaired) electrons. The number of amides is 2. The maximum Gasteiger partial charge on any atom is 0.314 e. The van der Waals surface area contributed by atoms with E-state index in [0.717, 1.165) is 11.5 Å². The number of carbonyl (C=O) groups is 1. The van der Waals surface area contributed by atoms with Crippen molar-refractivity contribution in [3.8, 4) is 0 Å². The molecule has 2 N–H and O–H groups in total. The Morgan fingerprint density at radius 1 is 1.14 bits per heavy atom. The molecule has 1 aromatic carbocycles. The zero-order chi connectivity index (χ0) is 15.6. The van der Waals surface area contributed by atoms with Crippen molar-refractivity contribution in [2.24, 2.45) is 0 Å². The molecule has 0 aliphatic carbocycles. The van der Waals surface area contributed by atoms with Crippen LogP contribution >= 0.6 is 23.1 Å². The van der Waals surface area contributed by atoms with E-state index in [9.17, 15) is 9.18 Å². The Hall–Kier alpha value is -1.53. The Labute approximate surface area is 138 Å². The molecule has 2 aromatic rings. The van der Waals surface area contributed by atoms with Gasteiger partial charge in [0.25, 0.3) is 0 Å². The number of thioether (sulfide) groups is 1. The fourth-order valence-electron chi connectivity index (χ4n) is 1.88. The first kappa shape index (κ1) is 16.8. The van der Waals surface area contributed by atoms with E-state index in [1.165, 1.54) is 10.9 Å². The van der Waals surface area contributed by atoms with E-state index in [1.54, 1.807) is 41.3 Å². The summed E-state index contributed by atoms with van der Waals surface area (Å²) in [4.78, 5) is 12.9. The van der Waals surface area contributed by atoms with Crippen LogP contribution in [0.2, 0.25) is 0 Å². The van der Waals surface area contributed by atoms with Crippen molar-refractivity contribution in [1.82, 2.24) is 10.6 Å². The van der Waals surface area contributed by atoms with Gasteiger partial charge in [0.2, 0.25) is 0 Å². The van der Waals surface area contributed by atoms with Gasteiger partial charge in [-0.15, -0.1) is 11.3 Å². The number of hydrogen-bond donors (Lipinski definition) is 2. The molecule has 1 heterocycles. The monoisotopic (exact) mass is 338 g/mol. The minimum Gasteiger partial charge on any atom is -0.338 e. The van der Waals surface area contributed by atoms with Crippen LogP contribution in [0, 0.1) is 5.82 Å². The predicted octanol–water partition coefficient (Wildman–Crippen LogP) is 3.66. The van der Waals surface area contributed by atoms with Gasteiger partial charge in [0.1, 0.15) is 5.82 Å². The van der Waals surface area contributed by atoms with Crippen molar-refractivity contribution < 1.29 is 9.18 Å². The van der Waals surface area contributed by atoms with Crippen LogP contribution in [0.15, 0.2) is 41.8 Å². The Balaban J connectivity index is 1.52. The maximum atomic E-state index is 13.4. The highest BCUT2D eigenvalue weighted by atomic mass is 32.2. The standard InChI is InChI=1S/C16H19FN2OS2/c17-15-6-2-1-4-13(15)7-8-18-16(20)19-9-11-21-12-14-5-3-10-22-14/h1-6,10H,7-9,11-12H2,(H2,18,19,20). The molecule has 0 saturated heterocycles. The number of benzene rings is 1. The molecule has 0 atom stereocenters. The topological polar surface area (TPSA) is 41.1 Å². The van der Waals surface area contributed by atoms with Gasteiger partial charge in [-0.1, -0.05) is 24.3 Å². The van der Waals surface area contributed by atoms with Crippen molar-refractivity contribution in [3.05, 3.63) is 58.0 Å². The average Bonchev–Trinajstić information content (AvgIpc) is 3.02. The molecule has 0 bridgehead atoms. The second-order valence-corrected chi connectivity index (χ2v) is 6.79. The lowest BCUT2D eigenvalue weighted by atomic mass is 10.1. The fourth-order valence-corrected chi connectivity index (χ4v) is 3.58. The molecule has 0 spiro atoms. The zero-order valence-corrected chi connectivity index (χ0v) is 13.8. The van der Waals surface area contributed by atoms with Crippen molar-refractivity contribution >= 4 is 29.1 Å². The summed E-state index contributed by atoms with van der Waals surface area (Å²) >= 11 is 3.54. The SMILES string of the molecule is O=C(NCCSCc1cccs1)NCCc1ccccc1F. The highest BCUT2D eigenvalue weighted by molar-refractivity contribution is 7.98. The zero-order valence-electron chi connectivity index (χ0n) is 12.2. The maximum absolute atomic E-state index is 13.4. The molecule has 6 heteroatoms. The van der Waals surface area contributed by atoms with Crippen molar-refractivity contribution in [2.45, 2.75) is 12.2 Å². The van der Waals surface area contributed by atoms with Gasteiger partial charge < -0.3 is 10.6 Å². The Kier molecular flexibility index (Phi) is 7.25. The van der Waals surface area contributed by atoms with Crippen LogP contribution in [0.4, 0.5) is 9.18 Å². The number of nitrogens with one attached hydrogen (secondary N) is 2. The number of halogens is 1. The van der Waals surface area contributed by atoms with E-state index >= 15 is 0 Å². The quantitative estimate of drug-likeness (QED) is 0.721. The van der Waals surface area contributed by atoms with Gasteiger partial charge in [-0.3, -0.25) is 0 Å². The summed E-state index contributed by atoms with van der Waals surface area (Å²) in [5.74, 6) is 1.63. The Bertz CT molecular complexity index is 575. The summed E-state index contributed by atoms with van der Waals surface area (Å²) < 4.78 is 13.4. The molecule has 118 valence electrons. The summed E-state index contributed by atoms with van der Waals surface area (Å²) in [6, 6.07) is 10.6. The van der Waals surface area contributed by atoms with Crippen LogP contribution < -0.4 is 10.6 Å². The predicted molar refractivity (Wildman–Crippen MR) is 92.0 cm³/mol. The minimum absolute atomic E-state index is 0.201. The minimum atomic E-state index is -0.227. The van der Waals surface area contributed by atoms with Gasteiger partial charge in [-0.05, 0) is 29.5 Å². The van der Waals surface area contributed by atoms with Crippen LogP contribution in [0.5, 0.6) is 0 Å². The number of thiophene rings is 1. The van der Waals surface area contributed by atoms with Gasteiger partial charge in [-0.25, -0.2) is 9.18 Å². The Morgan fingerprint density at radius 2 is 1.95 bits per heavy atom. The number of carbonyl (C=O) groups excluding carboxylic acids is 1. The van der Waals surface area contributed by atoms with E-state index < -0.39 is 0 Å². The molecule has 1 aromatic heterocycles. The molecule has 3 nitrogen and oxygen atoms in total. The van der Waals surface area contributed by atoms with Gasteiger partial charge in [0.05, 0.1) is 0 Å². The van der Waals surface area contributed by atoms with Crippen LogP contribution in [0.1, 0.15) is 10.4 Å². The molecule has 22 heavy (non-hydrogen) atoms.